The van der Waals surface area contributed by atoms with Crippen LogP contribution in [0, 0.1) is 11.3 Å². The number of carboxylic acids is 1. The Morgan fingerprint density at radius 1 is 1.55 bits per heavy atom. The van der Waals surface area contributed by atoms with E-state index in [1.165, 1.54) is 23.2 Å². The number of amides is 1. The molecule has 0 aliphatic carbocycles. The maximum absolute atomic E-state index is 12.2. The smallest absolute Gasteiger partial charge is 0.306 e. The van der Waals surface area contributed by atoms with Gasteiger partial charge >= 0.3 is 5.97 Å². The van der Waals surface area contributed by atoms with E-state index in [1.54, 1.807) is 0 Å². The highest BCUT2D eigenvalue weighted by molar-refractivity contribution is 5.92. The summed E-state index contributed by atoms with van der Waals surface area (Å²) in [6, 6.07) is 4.94. The van der Waals surface area contributed by atoms with Crippen molar-refractivity contribution in [2.75, 3.05) is 19.7 Å². The number of hydrogen-bond donors (Lipinski definition) is 1. The van der Waals surface area contributed by atoms with Gasteiger partial charge in [-0.05, 0) is 12.1 Å². The van der Waals surface area contributed by atoms with Crippen molar-refractivity contribution < 1.29 is 19.4 Å². The lowest BCUT2D eigenvalue weighted by Gasteiger charge is -2.32. The molecule has 1 aromatic heterocycles. The van der Waals surface area contributed by atoms with Crippen LogP contribution in [0.15, 0.2) is 18.3 Å². The third-order valence-corrected chi connectivity index (χ3v) is 2.94. The minimum absolute atomic E-state index is 0.134. The van der Waals surface area contributed by atoms with Crippen molar-refractivity contribution in [2.24, 2.45) is 0 Å². The van der Waals surface area contributed by atoms with E-state index in [2.05, 4.69) is 4.98 Å². The molecule has 1 aliphatic heterocycles. The largest absolute Gasteiger partial charge is 0.481 e. The maximum Gasteiger partial charge on any atom is 0.306 e. The number of rotatable bonds is 3. The van der Waals surface area contributed by atoms with Crippen molar-refractivity contribution >= 4 is 11.9 Å². The van der Waals surface area contributed by atoms with E-state index in [0.29, 0.717) is 18.7 Å². The molecule has 1 aromatic rings. The summed E-state index contributed by atoms with van der Waals surface area (Å²) in [6.07, 6.45) is 0.705. The predicted octanol–water partition coefficient (Wildman–Crippen LogP) is 0.269. The second kappa shape index (κ2) is 6.12. The zero-order valence-electron chi connectivity index (χ0n) is 10.7. The summed E-state index contributed by atoms with van der Waals surface area (Å²) < 4.78 is 5.30. The Morgan fingerprint density at radius 2 is 2.35 bits per heavy atom. The van der Waals surface area contributed by atoms with Gasteiger partial charge in [-0.25, -0.2) is 4.98 Å². The van der Waals surface area contributed by atoms with Gasteiger partial charge in [-0.3, -0.25) is 9.59 Å². The fourth-order valence-electron chi connectivity index (χ4n) is 1.97. The number of aliphatic carboxylic acids is 1. The molecule has 20 heavy (non-hydrogen) atoms. The zero-order chi connectivity index (χ0) is 14.5. The highest BCUT2D eigenvalue weighted by Gasteiger charge is 2.27. The van der Waals surface area contributed by atoms with Gasteiger partial charge in [0.15, 0.2) is 0 Å². The van der Waals surface area contributed by atoms with Crippen LogP contribution in [-0.4, -0.2) is 52.7 Å². The number of pyridine rings is 1. The standard InChI is InChI=1S/C13H13N3O4/c14-6-9-1-2-11(15-7-9)13(19)16-3-4-20-10(8-16)5-12(17)18/h1-2,7,10H,3-5,8H2,(H,17,18). The highest BCUT2D eigenvalue weighted by atomic mass is 16.5. The summed E-state index contributed by atoms with van der Waals surface area (Å²) in [4.78, 5) is 28.3. The number of hydrogen-bond acceptors (Lipinski definition) is 5. The van der Waals surface area contributed by atoms with Gasteiger partial charge in [0, 0.05) is 19.3 Å². The molecule has 2 rings (SSSR count). The Hall–Kier alpha value is -2.46. The summed E-state index contributed by atoms with van der Waals surface area (Å²) in [5.74, 6) is -1.24. The average molecular weight is 275 g/mol. The molecule has 2 heterocycles. The maximum atomic E-state index is 12.2. The summed E-state index contributed by atoms with van der Waals surface area (Å²) in [5, 5.41) is 17.4. The van der Waals surface area contributed by atoms with Gasteiger partial charge in [-0.1, -0.05) is 0 Å². The van der Waals surface area contributed by atoms with Gasteiger partial charge in [0.2, 0.25) is 0 Å². The third-order valence-electron chi connectivity index (χ3n) is 2.94. The summed E-state index contributed by atoms with van der Waals surface area (Å²) in [5.41, 5.74) is 0.618. The average Bonchev–Trinajstić information content (AvgIpc) is 2.46. The van der Waals surface area contributed by atoms with Gasteiger partial charge in [0.1, 0.15) is 11.8 Å². The topological polar surface area (TPSA) is 104 Å². The number of nitrogens with zero attached hydrogens (tertiary/aromatic N) is 3. The molecule has 104 valence electrons. The Labute approximate surface area is 115 Å². The molecule has 0 radical (unpaired) electrons. The van der Waals surface area contributed by atoms with Crippen molar-refractivity contribution in [3.8, 4) is 6.07 Å². The molecule has 1 saturated heterocycles. The lowest BCUT2D eigenvalue weighted by Crippen LogP contribution is -2.46. The second-order valence-corrected chi connectivity index (χ2v) is 4.39. The fraction of sp³-hybridized carbons (Fsp3) is 0.385. The van der Waals surface area contributed by atoms with E-state index in [0.717, 1.165) is 0 Å². The van der Waals surface area contributed by atoms with E-state index in [1.807, 2.05) is 6.07 Å². The molecule has 7 nitrogen and oxygen atoms in total. The van der Waals surface area contributed by atoms with E-state index in [9.17, 15) is 9.59 Å². The van der Waals surface area contributed by atoms with Crippen LogP contribution in [-0.2, 0) is 9.53 Å². The molecular weight excluding hydrogens is 262 g/mol. The monoisotopic (exact) mass is 275 g/mol. The minimum Gasteiger partial charge on any atom is -0.481 e. The summed E-state index contributed by atoms with van der Waals surface area (Å²) in [7, 11) is 0. The number of carbonyl (C=O) groups excluding carboxylic acids is 1. The molecule has 1 amide bonds. The molecular formula is C13H13N3O4. The Bertz CT molecular complexity index is 550. The molecule has 0 saturated carbocycles. The third kappa shape index (κ3) is 3.30. The number of ether oxygens (including phenoxy) is 1. The first-order valence-electron chi connectivity index (χ1n) is 6.09. The first kappa shape index (κ1) is 14.0. The Morgan fingerprint density at radius 3 is 2.95 bits per heavy atom. The van der Waals surface area contributed by atoms with E-state index in [4.69, 9.17) is 15.1 Å². The zero-order valence-corrected chi connectivity index (χ0v) is 10.7. The van der Waals surface area contributed by atoms with Crippen LogP contribution >= 0.6 is 0 Å². The minimum atomic E-state index is -0.958. The van der Waals surface area contributed by atoms with Crippen LogP contribution in [0.1, 0.15) is 22.5 Å². The van der Waals surface area contributed by atoms with Crippen LogP contribution in [0.2, 0.25) is 0 Å². The summed E-state index contributed by atoms with van der Waals surface area (Å²) >= 11 is 0. The van der Waals surface area contributed by atoms with Crippen molar-refractivity contribution in [1.82, 2.24) is 9.88 Å². The molecule has 7 heteroatoms. The van der Waals surface area contributed by atoms with Gasteiger partial charge in [-0.2, -0.15) is 5.26 Å². The lowest BCUT2D eigenvalue weighted by molar-refractivity contribution is -0.141. The predicted molar refractivity (Wildman–Crippen MR) is 66.8 cm³/mol. The quantitative estimate of drug-likeness (QED) is 0.849. The van der Waals surface area contributed by atoms with Crippen molar-refractivity contribution in [3.63, 3.8) is 0 Å². The second-order valence-electron chi connectivity index (χ2n) is 4.39. The van der Waals surface area contributed by atoms with Gasteiger partial charge in [0.05, 0.1) is 24.7 Å². The number of carboxylic acid groups (broad SMARTS) is 1. The van der Waals surface area contributed by atoms with Crippen LogP contribution < -0.4 is 0 Å². The normalized spacial score (nSPS) is 18.4. The molecule has 1 atom stereocenters. The SMILES string of the molecule is N#Cc1ccc(C(=O)N2CCOC(CC(=O)O)C2)nc1. The first-order valence-corrected chi connectivity index (χ1v) is 6.09. The number of aromatic nitrogens is 1. The molecule has 0 spiro atoms. The molecule has 0 bridgehead atoms. The number of morpholine rings is 1. The highest BCUT2D eigenvalue weighted by Crippen LogP contribution is 2.12. The van der Waals surface area contributed by atoms with Gasteiger partial charge in [-0.15, -0.1) is 0 Å². The fourth-order valence-corrected chi connectivity index (χ4v) is 1.97. The Balaban J connectivity index is 2.04. The van der Waals surface area contributed by atoms with Crippen molar-refractivity contribution in [1.29, 1.82) is 5.26 Å². The first-order chi connectivity index (χ1) is 9.60. The summed E-state index contributed by atoms with van der Waals surface area (Å²) in [6.45, 7) is 0.934. The number of nitriles is 1. The van der Waals surface area contributed by atoms with Crippen molar-refractivity contribution in [2.45, 2.75) is 12.5 Å². The van der Waals surface area contributed by atoms with Crippen LogP contribution in [0.5, 0.6) is 0 Å². The molecule has 1 unspecified atom stereocenters. The van der Waals surface area contributed by atoms with Gasteiger partial charge < -0.3 is 14.7 Å². The van der Waals surface area contributed by atoms with Gasteiger partial charge in [0.25, 0.3) is 5.91 Å². The van der Waals surface area contributed by atoms with E-state index in [-0.39, 0.29) is 24.6 Å². The van der Waals surface area contributed by atoms with E-state index < -0.39 is 12.1 Å². The number of carbonyl (C=O) groups is 2. The lowest BCUT2D eigenvalue weighted by atomic mass is 10.2. The molecule has 1 fully saturated rings. The van der Waals surface area contributed by atoms with Crippen molar-refractivity contribution in [3.05, 3.63) is 29.6 Å². The Kier molecular flexibility index (Phi) is 4.27. The molecule has 0 aromatic carbocycles. The van der Waals surface area contributed by atoms with Crippen LogP contribution in [0.3, 0.4) is 0 Å². The molecule has 1 N–H and O–H groups in total. The van der Waals surface area contributed by atoms with Crippen LogP contribution in [0.25, 0.3) is 0 Å². The molecule has 1 aliphatic rings. The van der Waals surface area contributed by atoms with Crippen LogP contribution in [0.4, 0.5) is 0 Å². The van der Waals surface area contributed by atoms with E-state index >= 15 is 0 Å².